The summed E-state index contributed by atoms with van der Waals surface area (Å²) < 4.78 is 12.7. The number of halogens is 1. The molecule has 6 nitrogen and oxygen atoms in total. The summed E-state index contributed by atoms with van der Waals surface area (Å²) in [6.45, 7) is 3.85. The molecule has 0 aliphatic heterocycles. The van der Waals surface area contributed by atoms with Gasteiger partial charge in [-0.25, -0.2) is 4.68 Å². The number of ether oxygens (including phenoxy) is 2. The molecule has 1 aromatic heterocycles. The van der Waals surface area contributed by atoms with Crippen LogP contribution in [0.15, 0.2) is 36.4 Å². The van der Waals surface area contributed by atoms with E-state index in [0.717, 1.165) is 28.1 Å². The summed E-state index contributed by atoms with van der Waals surface area (Å²) in [4.78, 5) is 12.9. The first-order valence-electron chi connectivity index (χ1n) is 9.37. The van der Waals surface area contributed by atoms with E-state index in [0.29, 0.717) is 28.6 Å². The Morgan fingerprint density at radius 2 is 1.90 bits per heavy atom. The normalized spacial score (nSPS) is 11.9. The fourth-order valence-electron chi connectivity index (χ4n) is 3.68. The van der Waals surface area contributed by atoms with Crippen LogP contribution in [0, 0.1) is 0 Å². The monoisotopic (exact) mass is 411 g/mol. The summed E-state index contributed by atoms with van der Waals surface area (Å²) >= 11 is 6.21. The Bertz CT molecular complexity index is 1100. The molecule has 29 heavy (non-hydrogen) atoms. The van der Waals surface area contributed by atoms with E-state index in [1.54, 1.807) is 18.9 Å². The Kier molecular flexibility index (Phi) is 4.96. The second kappa shape index (κ2) is 7.44. The molecule has 1 aliphatic rings. The third-order valence-corrected chi connectivity index (χ3v) is 5.14. The molecule has 0 saturated carbocycles. The maximum atomic E-state index is 12.9. The number of rotatable bonds is 5. The number of amides is 1. The number of hydrogen-bond donors (Lipinski definition) is 1. The van der Waals surface area contributed by atoms with Crippen molar-refractivity contribution in [1.29, 1.82) is 0 Å². The predicted octanol–water partition coefficient (Wildman–Crippen LogP) is 4.25. The van der Waals surface area contributed by atoms with Gasteiger partial charge in [0, 0.05) is 28.6 Å². The fourth-order valence-corrected chi connectivity index (χ4v) is 3.86. The minimum atomic E-state index is -0.191. The van der Waals surface area contributed by atoms with E-state index < -0.39 is 0 Å². The molecule has 0 radical (unpaired) electrons. The molecule has 0 spiro atoms. The molecule has 4 rings (SSSR count). The van der Waals surface area contributed by atoms with Gasteiger partial charge in [0.25, 0.3) is 5.91 Å². The molecule has 1 amide bonds. The molecule has 0 saturated heterocycles. The highest BCUT2D eigenvalue weighted by atomic mass is 35.5. The third kappa shape index (κ3) is 3.34. The van der Waals surface area contributed by atoms with Crippen LogP contribution in [0.2, 0.25) is 5.02 Å². The van der Waals surface area contributed by atoms with Gasteiger partial charge in [-0.2, -0.15) is 5.10 Å². The molecular formula is C22H22ClN3O3. The molecule has 150 valence electrons. The maximum absolute atomic E-state index is 12.9. The first kappa shape index (κ1) is 19.3. The lowest BCUT2D eigenvalue weighted by Crippen LogP contribution is -2.31. The quantitative estimate of drug-likeness (QED) is 0.533. The van der Waals surface area contributed by atoms with E-state index in [4.69, 9.17) is 21.1 Å². The van der Waals surface area contributed by atoms with Crippen molar-refractivity contribution in [3.05, 3.63) is 58.2 Å². The lowest BCUT2D eigenvalue weighted by Gasteiger charge is -2.12. The number of fused-ring (bicyclic) bond motifs is 3. The molecule has 2 aromatic carbocycles. The van der Waals surface area contributed by atoms with Gasteiger partial charge in [-0.1, -0.05) is 17.7 Å². The van der Waals surface area contributed by atoms with Crippen molar-refractivity contribution in [3.63, 3.8) is 0 Å². The van der Waals surface area contributed by atoms with Gasteiger partial charge in [-0.15, -0.1) is 0 Å². The van der Waals surface area contributed by atoms with Crippen LogP contribution in [-0.4, -0.2) is 35.9 Å². The van der Waals surface area contributed by atoms with Crippen molar-refractivity contribution in [1.82, 2.24) is 15.1 Å². The number of hydrogen-bond acceptors (Lipinski definition) is 4. The summed E-state index contributed by atoms with van der Waals surface area (Å²) in [7, 11) is 3.22. The Hall–Kier alpha value is -2.99. The standard InChI is InChI=1S/C22H22ClN3O3/c1-12(2)24-22(27)20-17-8-13-9-18(28-3)19(29-4)11-16(13)21(17)26(25-20)15-7-5-6-14(23)10-15/h5-7,9-12H,8H2,1-4H3,(H,24,27). The zero-order valence-electron chi connectivity index (χ0n) is 16.7. The molecule has 0 unspecified atom stereocenters. The first-order chi connectivity index (χ1) is 13.9. The molecule has 0 fully saturated rings. The molecule has 1 N–H and O–H groups in total. The molecule has 0 atom stereocenters. The van der Waals surface area contributed by atoms with E-state index >= 15 is 0 Å². The van der Waals surface area contributed by atoms with Gasteiger partial charge in [0.2, 0.25) is 0 Å². The zero-order valence-corrected chi connectivity index (χ0v) is 17.5. The van der Waals surface area contributed by atoms with Crippen molar-refractivity contribution < 1.29 is 14.3 Å². The minimum absolute atomic E-state index is 0.0124. The van der Waals surface area contributed by atoms with Crippen molar-refractivity contribution >= 4 is 17.5 Å². The van der Waals surface area contributed by atoms with E-state index in [9.17, 15) is 4.79 Å². The predicted molar refractivity (Wildman–Crippen MR) is 113 cm³/mol. The number of nitrogens with zero attached hydrogens (tertiary/aromatic N) is 2. The fraction of sp³-hybridized carbons (Fsp3) is 0.273. The second-order valence-electron chi connectivity index (χ2n) is 7.24. The van der Waals surface area contributed by atoms with Crippen molar-refractivity contribution in [2.75, 3.05) is 14.2 Å². The van der Waals surface area contributed by atoms with Crippen LogP contribution in [-0.2, 0) is 6.42 Å². The number of benzene rings is 2. The van der Waals surface area contributed by atoms with Gasteiger partial charge in [0.1, 0.15) is 0 Å². The zero-order chi connectivity index (χ0) is 20.7. The Morgan fingerprint density at radius 3 is 2.55 bits per heavy atom. The summed E-state index contributed by atoms with van der Waals surface area (Å²) in [5, 5.41) is 8.22. The Balaban J connectivity index is 1.94. The molecule has 1 heterocycles. The summed E-state index contributed by atoms with van der Waals surface area (Å²) in [6, 6.07) is 11.3. The van der Waals surface area contributed by atoms with Crippen LogP contribution in [0.1, 0.15) is 35.5 Å². The van der Waals surface area contributed by atoms with Gasteiger partial charge < -0.3 is 14.8 Å². The van der Waals surface area contributed by atoms with Gasteiger partial charge in [0.15, 0.2) is 17.2 Å². The van der Waals surface area contributed by atoms with Gasteiger partial charge in [-0.3, -0.25) is 4.79 Å². The van der Waals surface area contributed by atoms with Crippen LogP contribution in [0.5, 0.6) is 11.5 Å². The van der Waals surface area contributed by atoms with Crippen LogP contribution >= 0.6 is 11.6 Å². The summed E-state index contributed by atoms with van der Waals surface area (Å²) in [5.74, 6) is 1.10. The summed E-state index contributed by atoms with van der Waals surface area (Å²) in [6.07, 6.45) is 0.590. The molecule has 3 aromatic rings. The molecule has 0 bridgehead atoms. The number of nitrogens with one attached hydrogen (secondary N) is 1. The smallest absolute Gasteiger partial charge is 0.272 e. The molecule has 1 aliphatic carbocycles. The lowest BCUT2D eigenvalue weighted by atomic mass is 10.1. The highest BCUT2D eigenvalue weighted by Crippen LogP contribution is 2.44. The first-order valence-corrected chi connectivity index (χ1v) is 9.74. The number of methoxy groups -OCH3 is 2. The van der Waals surface area contributed by atoms with Crippen LogP contribution in [0.25, 0.3) is 16.9 Å². The molecular weight excluding hydrogens is 390 g/mol. The van der Waals surface area contributed by atoms with E-state index in [1.165, 1.54) is 0 Å². The average molecular weight is 412 g/mol. The van der Waals surface area contributed by atoms with Crippen molar-refractivity contribution in [2.24, 2.45) is 0 Å². The number of aromatic nitrogens is 2. The van der Waals surface area contributed by atoms with Crippen LogP contribution in [0.4, 0.5) is 0 Å². The van der Waals surface area contributed by atoms with E-state index in [2.05, 4.69) is 10.4 Å². The highest BCUT2D eigenvalue weighted by molar-refractivity contribution is 6.30. The van der Waals surface area contributed by atoms with Crippen molar-refractivity contribution in [2.45, 2.75) is 26.3 Å². The SMILES string of the molecule is COc1cc2c(cc1OC)-c1c(c(C(=O)NC(C)C)nn1-c1cccc(Cl)c1)C2. The Morgan fingerprint density at radius 1 is 1.17 bits per heavy atom. The van der Waals surface area contributed by atoms with Gasteiger partial charge >= 0.3 is 0 Å². The average Bonchev–Trinajstić information content (AvgIpc) is 3.23. The minimum Gasteiger partial charge on any atom is -0.493 e. The van der Waals surface area contributed by atoms with Gasteiger partial charge in [0.05, 0.1) is 25.6 Å². The number of carbonyl (C=O) groups is 1. The second-order valence-corrected chi connectivity index (χ2v) is 7.67. The van der Waals surface area contributed by atoms with Crippen molar-refractivity contribution in [3.8, 4) is 28.4 Å². The Labute approximate surface area is 174 Å². The highest BCUT2D eigenvalue weighted by Gasteiger charge is 2.32. The van der Waals surface area contributed by atoms with E-state index in [1.807, 2.05) is 50.2 Å². The summed E-state index contributed by atoms with van der Waals surface area (Å²) in [5.41, 5.74) is 4.99. The van der Waals surface area contributed by atoms with Crippen LogP contribution < -0.4 is 14.8 Å². The van der Waals surface area contributed by atoms with E-state index in [-0.39, 0.29) is 11.9 Å². The largest absolute Gasteiger partial charge is 0.493 e. The topological polar surface area (TPSA) is 65.4 Å². The lowest BCUT2D eigenvalue weighted by molar-refractivity contribution is 0.0937. The third-order valence-electron chi connectivity index (χ3n) is 4.90. The number of carbonyl (C=O) groups excluding carboxylic acids is 1. The maximum Gasteiger partial charge on any atom is 0.272 e. The molecule has 7 heteroatoms. The van der Waals surface area contributed by atoms with Crippen LogP contribution in [0.3, 0.4) is 0 Å². The van der Waals surface area contributed by atoms with Gasteiger partial charge in [-0.05, 0) is 49.7 Å².